The summed E-state index contributed by atoms with van der Waals surface area (Å²) in [5.41, 5.74) is 3.13. The molecule has 1 aliphatic carbocycles. The van der Waals surface area contributed by atoms with Gasteiger partial charge in [0, 0.05) is 38.4 Å². The summed E-state index contributed by atoms with van der Waals surface area (Å²) in [5, 5.41) is 0. The molecule has 110 valence electrons. The first-order valence-electron chi connectivity index (χ1n) is 7.56. The largest absolute Gasteiger partial charge is 0.377 e. The van der Waals surface area contributed by atoms with Gasteiger partial charge in [0.15, 0.2) is 0 Å². The summed E-state index contributed by atoms with van der Waals surface area (Å²) in [6, 6.07) is 6.42. The van der Waals surface area contributed by atoms with Crippen LogP contribution in [0, 0.1) is 6.92 Å². The fourth-order valence-electron chi connectivity index (χ4n) is 3.13. The van der Waals surface area contributed by atoms with Crippen LogP contribution in [0.5, 0.6) is 0 Å². The molecule has 0 bridgehead atoms. The molecule has 20 heavy (non-hydrogen) atoms. The first-order valence-corrected chi connectivity index (χ1v) is 7.56. The third-order valence-electron chi connectivity index (χ3n) is 4.37. The molecular weight excluding hydrogens is 248 g/mol. The number of amides is 1. The number of anilines is 1. The number of aryl methyl sites for hydroxylation is 1. The molecule has 3 heteroatoms. The van der Waals surface area contributed by atoms with Gasteiger partial charge in [0.05, 0.1) is 0 Å². The smallest absolute Gasteiger partial charge is 0.253 e. The Morgan fingerprint density at radius 2 is 1.75 bits per heavy atom. The van der Waals surface area contributed by atoms with Crippen molar-refractivity contribution >= 4 is 11.6 Å². The standard InChI is InChI=1S/C17H26N2O/c1-13-12-14(10-11-16(13)18(2)3)17(20)19(4)15-8-6-5-7-9-15/h10-12,15H,5-9H2,1-4H3. The quantitative estimate of drug-likeness (QED) is 0.842. The molecule has 0 aromatic heterocycles. The number of hydrogen-bond donors (Lipinski definition) is 0. The number of carbonyl (C=O) groups excluding carboxylic acids is 1. The van der Waals surface area contributed by atoms with Crippen molar-refractivity contribution in [3.05, 3.63) is 29.3 Å². The zero-order valence-electron chi connectivity index (χ0n) is 13.1. The van der Waals surface area contributed by atoms with E-state index in [1.165, 1.54) is 24.9 Å². The monoisotopic (exact) mass is 274 g/mol. The predicted molar refractivity (Wildman–Crippen MR) is 84.5 cm³/mol. The third kappa shape index (κ3) is 3.14. The zero-order valence-corrected chi connectivity index (χ0v) is 13.1. The molecule has 0 N–H and O–H groups in total. The summed E-state index contributed by atoms with van der Waals surface area (Å²) in [7, 11) is 6.00. The van der Waals surface area contributed by atoms with Crippen LogP contribution in [0.1, 0.15) is 48.0 Å². The van der Waals surface area contributed by atoms with E-state index in [9.17, 15) is 4.79 Å². The van der Waals surface area contributed by atoms with Gasteiger partial charge in [0.25, 0.3) is 5.91 Å². The topological polar surface area (TPSA) is 23.6 Å². The highest BCUT2D eigenvalue weighted by Gasteiger charge is 2.23. The van der Waals surface area contributed by atoms with Crippen LogP contribution in [0.25, 0.3) is 0 Å². The third-order valence-corrected chi connectivity index (χ3v) is 4.37. The second kappa shape index (κ2) is 6.29. The molecule has 0 spiro atoms. The molecule has 0 atom stereocenters. The van der Waals surface area contributed by atoms with Crippen LogP contribution < -0.4 is 4.90 Å². The Bertz CT molecular complexity index is 476. The minimum absolute atomic E-state index is 0.158. The van der Waals surface area contributed by atoms with Crippen LogP contribution in [0.15, 0.2) is 18.2 Å². The molecule has 0 unspecified atom stereocenters. The molecule has 0 heterocycles. The first kappa shape index (κ1) is 14.9. The second-order valence-electron chi connectivity index (χ2n) is 6.10. The van der Waals surface area contributed by atoms with Crippen molar-refractivity contribution in [2.45, 2.75) is 45.1 Å². The highest BCUT2D eigenvalue weighted by atomic mass is 16.2. The predicted octanol–water partition coefficient (Wildman–Crippen LogP) is 3.47. The van der Waals surface area contributed by atoms with Crippen molar-refractivity contribution in [3.63, 3.8) is 0 Å². The van der Waals surface area contributed by atoms with E-state index in [4.69, 9.17) is 0 Å². The molecule has 1 saturated carbocycles. The van der Waals surface area contributed by atoms with Crippen molar-refractivity contribution in [3.8, 4) is 0 Å². The molecule has 0 aliphatic heterocycles. The van der Waals surface area contributed by atoms with Gasteiger partial charge in [-0.2, -0.15) is 0 Å². The van der Waals surface area contributed by atoms with E-state index < -0.39 is 0 Å². The van der Waals surface area contributed by atoms with Crippen LogP contribution in [-0.2, 0) is 0 Å². The van der Waals surface area contributed by atoms with Gasteiger partial charge >= 0.3 is 0 Å². The Labute approximate surface area is 122 Å². The van der Waals surface area contributed by atoms with Crippen molar-refractivity contribution in [2.24, 2.45) is 0 Å². The molecule has 0 saturated heterocycles. The fourth-order valence-corrected chi connectivity index (χ4v) is 3.13. The number of hydrogen-bond acceptors (Lipinski definition) is 2. The molecule has 1 aromatic rings. The fraction of sp³-hybridized carbons (Fsp3) is 0.588. The van der Waals surface area contributed by atoms with Crippen LogP contribution in [0.2, 0.25) is 0 Å². The lowest BCUT2D eigenvalue weighted by Gasteiger charge is -2.31. The molecule has 1 aromatic carbocycles. The zero-order chi connectivity index (χ0) is 14.7. The van der Waals surface area contributed by atoms with Gasteiger partial charge in [0.2, 0.25) is 0 Å². The van der Waals surface area contributed by atoms with Crippen LogP contribution in [-0.4, -0.2) is 38.0 Å². The lowest BCUT2D eigenvalue weighted by atomic mass is 9.94. The lowest BCUT2D eigenvalue weighted by molar-refractivity contribution is 0.0696. The minimum atomic E-state index is 0.158. The summed E-state index contributed by atoms with van der Waals surface area (Å²) in [6.45, 7) is 2.06. The highest BCUT2D eigenvalue weighted by Crippen LogP contribution is 2.24. The van der Waals surface area contributed by atoms with Gasteiger partial charge in [-0.1, -0.05) is 19.3 Å². The lowest BCUT2D eigenvalue weighted by Crippen LogP contribution is -2.38. The summed E-state index contributed by atoms with van der Waals surface area (Å²) in [4.78, 5) is 16.6. The number of carbonyl (C=O) groups is 1. The Morgan fingerprint density at radius 3 is 2.30 bits per heavy atom. The highest BCUT2D eigenvalue weighted by molar-refractivity contribution is 5.95. The second-order valence-corrected chi connectivity index (χ2v) is 6.10. The maximum atomic E-state index is 12.6. The Morgan fingerprint density at radius 1 is 1.10 bits per heavy atom. The van der Waals surface area contributed by atoms with Crippen LogP contribution >= 0.6 is 0 Å². The van der Waals surface area contributed by atoms with Gasteiger partial charge < -0.3 is 9.80 Å². The average molecular weight is 274 g/mol. The molecular formula is C17H26N2O. The van der Waals surface area contributed by atoms with E-state index in [0.29, 0.717) is 6.04 Å². The molecule has 3 nitrogen and oxygen atoms in total. The molecule has 1 amide bonds. The Kier molecular flexibility index (Phi) is 4.69. The molecule has 1 fully saturated rings. The van der Waals surface area contributed by atoms with Gasteiger partial charge in [0.1, 0.15) is 0 Å². The van der Waals surface area contributed by atoms with Crippen LogP contribution in [0.3, 0.4) is 0 Å². The van der Waals surface area contributed by atoms with Gasteiger partial charge in [-0.05, 0) is 43.5 Å². The van der Waals surface area contributed by atoms with Crippen molar-refractivity contribution in [1.82, 2.24) is 4.90 Å². The number of nitrogens with zero attached hydrogens (tertiary/aromatic N) is 2. The summed E-state index contributed by atoms with van der Waals surface area (Å²) >= 11 is 0. The van der Waals surface area contributed by atoms with E-state index in [1.54, 1.807) is 0 Å². The van der Waals surface area contributed by atoms with Crippen LogP contribution in [0.4, 0.5) is 5.69 Å². The first-order chi connectivity index (χ1) is 9.50. The SMILES string of the molecule is Cc1cc(C(=O)N(C)C2CCCCC2)ccc1N(C)C. The van der Waals surface area contributed by atoms with E-state index in [0.717, 1.165) is 24.0 Å². The molecule has 1 aliphatic rings. The van der Waals surface area contributed by atoms with Crippen molar-refractivity contribution in [1.29, 1.82) is 0 Å². The molecule has 2 rings (SSSR count). The summed E-state index contributed by atoms with van der Waals surface area (Å²) < 4.78 is 0. The maximum absolute atomic E-state index is 12.6. The summed E-state index contributed by atoms with van der Waals surface area (Å²) in [6.07, 6.45) is 6.12. The normalized spacial score (nSPS) is 16.0. The van der Waals surface area contributed by atoms with E-state index >= 15 is 0 Å². The van der Waals surface area contributed by atoms with E-state index in [-0.39, 0.29) is 5.91 Å². The molecule has 0 radical (unpaired) electrons. The Hall–Kier alpha value is -1.51. The minimum Gasteiger partial charge on any atom is -0.377 e. The Balaban J connectivity index is 2.14. The van der Waals surface area contributed by atoms with E-state index in [2.05, 4.69) is 11.8 Å². The van der Waals surface area contributed by atoms with Crippen molar-refractivity contribution < 1.29 is 4.79 Å². The van der Waals surface area contributed by atoms with Crippen molar-refractivity contribution in [2.75, 3.05) is 26.0 Å². The number of benzene rings is 1. The maximum Gasteiger partial charge on any atom is 0.253 e. The van der Waals surface area contributed by atoms with Gasteiger partial charge in [-0.15, -0.1) is 0 Å². The number of rotatable bonds is 3. The van der Waals surface area contributed by atoms with E-state index in [1.807, 2.05) is 44.2 Å². The van der Waals surface area contributed by atoms with Gasteiger partial charge in [-0.25, -0.2) is 0 Å². The average Bonchev–Trinajstić information content (AvgIpc) is 2.46. The summed E-state index contributed by atoms with van der Waals surface area (Å²) in [5.74, 6) is 0.158. The van der Waals surface area contributed by atoms with Gasteiger partial charge in [-0.3, -0.25) is 4.79 Å².